The second-order valence-corrected chi connectivity index (χ2v) is 7.25. The fourth-order valence-corrected chi connectivity index (χ4v) is 1.92. The number of azide groups is 1. The van der Waals surface area contributed by atoms with Crippen molar-refractivity contribution in [3.05, 3.63) is 28.6 Å². The monoisotopic (exact) mass is 311 g/mol. The second kappa shape index (κ2) is 6.02. The molecular weight excluding hydrogens is 294 g/mol. The van der Waals surface area contributed by atoms with Crippen LogP contribution in [0.4, 0.5) is 17.1 Å². The van der Waals surface area contributed by atoms with E-state index in [2.05, 4.69) is 20.1 Å². The summed E-state index contributed by atoms with van der Waals surface area (Å²) in [6.07, 6.45) is 0.988. The molecular formula is C12H17N5O3S. The van der Waals surface area contributed by atoms with Crippen LogP contribution in [0.15, 0.2) is 23.3 Å². The average Bonchev–Trinajstić information content (AvgIpc) is 2.30. The van der Waals surface area contributed by atoms with Crippen molar-refractivity contribution in [1.29, 1.82) is 0 Å². The van der Waals surface area contributed by atoms with E-state index in [1.54, 1.807) is 20.8 Å². The Bertz CT molecular complexity index is 700. The van der Waals surface area contributed by atoms with Crippen molar-refractivity contribution in [2.45, 2.75) is 20.8 Å². The van der Waals surface area contributed by atoms with Crippen LogP contribution in [0.3, 0.4) is 0 Å². The average molecular weight is 311 g/mol. The molecule has 9 heteroatoms. The molecule has 1 amide bonds. The van der Waals surface area contributed by atoms with E-state index in [0.717, 1.165) is 6.26 Å². The van der Waals surface area contributed by atoms with Crippen LogP contribution >= 0.6 is 0 Å². The minimum absolute atomic E-state index is 0.0784. The summed E-state index contributed by atoms with van der Waals surface area (Å²) < 4.78 is 24.7. The molecule has 1 aromatic rings. The first-order valence-corrected chi connectivity index (χ1v) is 7.90. The topological polar surface area (TPSA) is 124 Å². The standard InChI is InChI=1S/C12H17N5O3S/c1-12(2,3)11(18)14-8-5-6-9(16-21(4,19)20)10(7-8)15-17-13/h5-7,16H,1-4H3,(H,14,18). The van der Waals surface area contributed by atoms with Gasteiger partial charge in [0.15, 0.2) is 0 Å². The summed E-state index contributed by atoms with van der Waals surface area (Å²) in [5.41, 5.74) is 8.59. The smallest absolute Gasteiger partial charge is 0.229 e. The zero-order valence-corrected chi connectivity index (χ0v) is 13.0. The molecule has 0 aromatic heterocycles. The molecule has 0 saturated heterocycles. The van der Waals surface area contributed by atoms with Crippen LogP contribution in [-0.4, -0.2) is 20.6 Å². The second-order valence-electron chi connectivity index (χ2n) is 5.50. The van der Waals surface area contributed by atoms with E-state index in [9.17, 15) is 13.2 Å². The van der Waals surface area contributed by atoms with Crippen molar-refractivity contribution in [2.24, 2.45) is 10.5 Å². The maximum absolute atomic E-state index is 11.9. The van der Waals surface area contributed by atoms with Crippen molar-refractivity contribution in [3.63, 3.8) is 0 Å². The van der Waals surface area contributed by atoms with Gasteiger partial charge in [0.2, 0.25) is 15.9 Å². The summed E-state index contributed by atoms with van der Waals surface area (Å²) in [4.78, 5) is 14.5. The molecule has 21 heavy (non-hydrogen) atoms. The summed E-state index contributed by atoms with van der Waals surface area (Å²) in [6.45, 7) is 5.28. The van der Waals surface area contributed by atoms with E-state index in [0.29, 0.717) is 5.69 Å². The largest absolute Gasteiger partial charge is 0.326 e. The highest BCUT2D eigenvalue weighted by Gasteiger charge is 2.21. The molecule has 0 aliphatic heterocycles. The molecule has 2 N–H and O–H groups in total. The Morgan fingerprint density at radius 1 is 1.33 bits per heavy atom. The van der Waals surface area contributed by atoms with Crippen molar-refractivity contribution < 1.29 is 13.2 Å². The maximum atomic E-state index is 11.9. The Balaban J connectivity index is 3.15. The lowest BCUT2D eigenvalue weighted by atomic mass is 9.95. The number of hydrogen-bond donors (Lipinski definition) is 2. The van der Waals surface area contributed by atoms with E-state index in [1.807, 2.05) is 0 Å². The quantitative estimate of drug-likeness (QED) is 0.504. The fourth-order valence-electron chi connectivity index (χ4n) is 1.34. The third kappa shape index (κ3) is 5.33. The van der Waals surface area contributed by atoms with Gasteiger partial charge in [-0.1, -0.05) is 25.9 Å². The lowest BCUT2D eigenvalue weighted by Crippen LogP contribution is -2.27. The number of anilines is 2. The first kappa shape index (κ1) is 16.8. The van der Waals surface area contributed by atoms with Crippen molar-refractivity contribution in [2.75, 3.05) is 16.3 Å². The van der Waals surface area contributed by atoms with Crippen LogP contribution < -0.4 is 10.0 Å². The molecule has 0 bridgehead atoms. The molecule has 1 aromatic carbocycles. The Hall–Kier alpha value is -2.25. The van der Waals surface area contributed by atoms with Gasteiger partial charge in [-0.05, 0) is 23.7 Å². The molecule has 0 unspecified atom stereocenters. The Morgan fingerprint density at radius 3 is 2.43 bits per heavy atom. The highest BCUT2D eigenvalue weighted by atomic mass is 32.2. The van der Waals surface area contributed by atoms with E-state index in [-0.39, 0.29) is 17.3 Å². The number of nitrogens with one attached hydrogen (secondary N) is 2. The van der Waals surface area contributed by atoms with Crippen LogP contribution in [0.1, 0.15) is 20.8 Å². The van der Waals surface area contributed by atoms with Gasteiger partial charge in [-0.25, -0.2) is 8.42 Å². The molecule has 0 heterocycles. The zero-order valence-electron chi connectivity index (χ0n) is 12.2. The Kier molecular flexibility index (Phi) is 4.82. The third-order valence-electron chi connectivity index (χ3n) is 2.38. The first-order chi connectivity index (χ1) is 9.53. The normalized spacial score (nSPS) is 11.4. The van der Waals surface area contributed by atoms with Crippen molar-refractivity contribution >= 4 is 33.0 Å². The lowest BCUT2D eigenvalue weighted by molar-refractivity contribution is -0.123. The molecule has 114 valence electrons. The van der Waals surface area contributed by atoms with Crippen LogP contribution in [0.2, 0.25) is 0 Å². The van der Waals surface area contributed by atoms with Gasteiger partial charge in [0, 0.05) is 16.0 Å². The maximum Gasteiger partial charge on any atom is 0.229 e. The van der Waals surface area contributed by atoms with Gasteiger partial charge in [-0.2, -0.15) is 0 Å². The van der Waals surface area contributed by atoms with Crippen LogP contribution in [0, 0.1) is 5.41 Å². The number of carbonyl (C=O) groups is 1. The predicted molar refractivity (Wildman–Crippen MR) is 81.8 cm³/mol. The van der Waals surface area contributed by atoms with E-state index < -0.39 is 15.4 Å². The lowest BCUT2D eigenvalue weighted by Gasteiger charge is -2.18. The van der Waals surface area contributed by atoms with Gasteiger partial charge >= 0.3 is 0 Å². The highest BCUT2D eigenvalue weighted by Crippen LogP contribution is 2.30. The minimum Gasteiger partial charge on any atom is -0.326 e. The number of rotatable bonds is 4. The number of hydrogen-bond acceptors (Lipinski definition) is 4. The molecule has 0 spiro atoms. The molecule has 0 saturated carbocycles. The number of sulfonamides is 1. The van der Waals surface area contributed by atoms with Gasteiger partial charge in [-0.3, -0.25) is 9.52 Å². The van der Waals surface area contributed by atoms with E-state index in [1.165, 1.54) is 18.2 Å². The van der Waals surface area contributed by atoms with E-state index in [4.69, 9.17) is 5.53 Å². The minimum atomic E-state index is -3.50. The summed E-state index contributed by atoms with van der Waals surface area (Å²) >= 11 is 0. The van der Waals surface area contributed by atoms with Crippen LogP contribution in [0.5, 0.6) is 0 Å². The van der Waals surface area contributed by atoms with Gasteiger partial charge in [0.1, 0.15) is 0 Å². The Morgan fingerprint density at radius 2 is 1.95 bits per heavy atom. The summed E-state index contributed by atoms with van der Waals surface area (Å²) in [5.74, 6) is -0.210. The predicted octanol–water partition coefficient (Wildman–Crippen LogP) is 2.98. The highest BCUT2D eigenvalue weighted by molar-refractivity contribution is 7.92. The molecule has 0 aliphatic carbocycles. The van der Waals surface area contributed by atoms with Gasteiger partial charge in [-0.15, -0.1) is 0 Å². The number of benzene rings is 1. The molecule has 0 atom stereocenters. The van der Waals surface area contributed by atoms with Gasteiger partial charge in [0.25, 0.3) is 0 Å². The summed E-state index contributed by atoms with van der Waals surface area (Å²) in [5, 5.41) is 6.09. The van der Waals surface area contributed by atoms with Crippen LogP contribution in [0.25, 0.3) is 10.4 Å². The number of amides is 1. The van der Waals surface area contributed by atoms with Gasteiger partial charge < -0.3 is 5.32 Å². The summed E-state index contributed by atoms with van der Waals surface area (Å²) in [7, 11) is -3.50. The van der Waals surface area contributed by atoms with Crippen molar-refractivity contribution in [3.8, 4) is 0 Å². The Labute approximate surface area is 123 Å². The SMILES string of the molecule is CC(C)(C)C(=O)Nc1ccc(NS(C)(=O)=O)c(N=[N+]=[N-])c1. The molecule has 0 aliphatic rings. The van der Waals surface area contributed by atoms with Crippen LogP contribution in [-0.2, 0) is 14.8 Å². The van der Waals surface area contributed by atoms with Crippen molar-refractivity contribution in [1.82, 2.24) is 0 Å². The van der Waals surface area contributed by atoms with Gasteiger partial charge in [0.05, 0.1) is 17.6 Å². The summed E-state index contributed by atoms with van der Waals surface area (Å²) in [6, 6.07) is 4.34. The number of nitrogens with zero attached hydrogens (tertiary/aromatic N) is 3. The first-order valence-electron chi connectivity index (χ1n) is 6.01. The fraction of sp³-hybridized carbons (Fsp3) is 0.417. The number of carbonyl (C=O) groups excluding carboxylic acids is 1. The molecule has 8 nitrogen and oxygen atoms in total. The molecule has 0 fully saturated rings. The third-order valence-corrected chi connectivity index (χ3v) is 2.98. The zero-order chi connectivity index (χ0) is 16.3. The van der Waals surface area contributed by atoms with E-state index >= 15 is 0 Å². The molecule has 0 radical (unpaired) electrons. The molecule has 1 rings (SSSR count).